The third-order valence-corrected chi connectivity index (χ3v) is 4.25. The fourth-order valence-corrected chi connectivity index (χ4v) is 3.28. The quantitative estimate of drug-likeness (QED) is 0.798. The highest BCUT2D eigenvalue weighted by atomic mass is 14.9. The molecule has 1 heteroatoms. The van der Waals surface area contributed by atoms with Crippen molar-refractivity contribution >= 4 is 0 Å². The highest BCUT2D eigenvalue weighted by Crippen LogP contribution is 2.26. The zero-order chi connectivity index (χ0) is 15.6. The lowest BCUT2D eigenvalue weighted by molar-refractivity contribution is 0.491. The molecular weight excluding hydrogens is 254 g/mol. The molecule has 0 radical (unpaired) electrons. The van der Waals surface area contributed by atoms with Crippen molar-refractivity contribution in [2.24, 2.45) is 0 Å². The molecule has 112 valence electrons. The van der Waals surface area contributed by atoms with E-state index >= 15 is 0 Å². The van der Waals surface area contributed by atoms with Gasteiger partial charge in [-0.25, -0.2) is 0 Å². The van der Waals surface area contributed by atoms with Gasteiger partial charge in [0.2, 0.25) is 0 Å². The molecule has 0 saturated carbocycles. The lowest BCUT2D eigenvalue weighted by Crippen LogP contribution is -2.23. The molecule has 1 nitrogen and oxygen atoms in total. The van der Waals surface area contributed by atoms with E-state index in [4.69, 9.17) is 0 Å². The van der Waals surface area contributed by atoms with E-state index in [9.17, 15) is 0 Å². The Balaban J connectivity index is 2.18. The summed E-state index contributed by atoms with van der Waals surface area (Å²) in [6.07, 6.45) is 0. The Morgan fingerprint density at radius 2 is 1.24 bits per heavy atom. The van der Waals surface area contributed by atoms with Crippen molar-refractivity contribution in [1.29, 1.82) is 0 Å². The second-order valence-electron chi connectivity index (χ2n) is 6.33. The van der Waals surface area contributed by atoms with E-state index in [2.05, 4.69) is 83.3 Å². The lowest BCUT2D eigenvalue weighted by atomic mass is 9.94. The van der Waals surface area contributed by atoms with Gasteiger partial charge in [-0.15, -0.1) is 0 Å². The zero-order valence-corrected chi connectivity index (χ0v) is 14.1. The molecule has 0 aliphatic carbocycles. The number of nitrogens with one attached hydrogen (secondary N) is 1. The molecule has 0 bridgehead atoms. The maximum atomic E-state index is 3.73. The van der Waals surface area contributed by atoms with Crippen LogP contribution in [0.1, 0.15) is 59.3 Å². The molecule has 1 unspecified atom stereocenters. The van der Waals surface area contributed by atoms with Gasteiger partial charge in [-0.2, -0.15) is 0 Å². The summed E-state index contributed by atoms with van der Waals surface area (Å²) >= 11 is 0. The maximum absolute atomic E-state index is 3.73. The Bertz CT molecular complexity index is 587. The summed E-state index contributed by atoms with van der Waals surface area (Å²) in [6.45, 7) is 13.2. The van der Waals surface area contributed by atoms with Gasteiger partial charge in [0.25, 0.3) is 0 Å². The smallest absolute Gasteiger partial charge is 0.0302 e. The minimum atomic E-state index is 0.348. The molecule has 2 aromatic rings. The van der Waals surface area contributed by atoms with Crippen LogP contribution in [0.5, 0.6) is 0 Å². The van der Waals surface area contributed by atoms with E-state index in [0.717, 1.165) is 0 Å². The van der Waals surface area contributed by atoms with Crippen LogP contribution in [0.2, 0.25) is 0 Å². The largest absolute Gasteiger partial charge is 0.304 e. The van der Waals surface area contributed by atoms with E-state index in [1.807, 2.05) is 0 Å². The van der Waals surface area contributed by atoms with Crippen LogP contribution in [0.25, 0.3) is 0 Å². The van der Waals surface area contributed by atoms with E-state index in [1.54, 1.807) is 0 Å². The number of hydrogen-bond donors (Lipinski definition) is 1. The predicted molar refractivity (Wildman–Crippen MR) is 91.8 cm³/mol. The summed E-state index contributed by atoms with van der Waals surface area (Å²) in [6, 6.07) is 14.0. The minimum Gasteiger partial charge on any atom is -0.304 e. The van der Waals surface area contributed by atoms with Gasteiger partial charge in [-0.1, -0.05) is 47.5 Å². The predicted octanol–water partition coefficient (Wildman–Crippen LogP) is 5.33. The Morgan fingerprint density at radius 3 is 1.76 bits per heavy atom. The van der Waals surface area contributed by atoms with E-state index in [-0.39, 0.29) is 0 Å². The Morgan fingerprint density at radius 1 is 0.714 bits per heavy atom. The van der Waals surface area contributed by atoms with Crippen LogP contribution in [-0.4, -0.2) is 0 Å². The van der Waals surface area contributed by atoms with Crippen molar-refractivity contribution in [2.75, 3.05) is 0 Å². The monoisotopic (exact) mass is 281 g/mol. The summed E-state index contributed by atoms with van der Waals surface area (Å²) in [5.41, 5.74) is 8.18. The third kappa shape index (κ3) is 3.74. The number of hydrogen-bond acceptors (Lipinski definition) is 1. The van der Waals surface area contributed by atoms with Crippen molar-refractivity contribution < 1.29 is 0 Å². The topological polar surface area (TPSA) is 12.0 Å². The van der Waals surface area contributed by atoms with Crippen LogP contribution in [0.15, 0.2) is 36.4 Å². The van der Waals surface area contributed by atoms with Crippen LogP contribution in [0.3, 0.4) is 0 Å². The van der Waals surface area contributed by atoms with Crippen LogP contribution < -0.4 is 5.32 Å². The maximum Gasteiger partial charge on any atom is 0.0302 e. The first-order valence-corrected chi connectivity index (χ1v) is 7.79. The summed E-state index contributed by atoms with van der Waals surface area (Å²) in [4.78, 5) is 0. The zero-order valence-electron chi connectivity index (χ0n) is 14.1. The van der Waals surface area contributed by atoms with Crippen LogP contribution in [0.4, 0.5) is 0 Å². The van der Waals surface area contributed by atoms with Gasteiger partial charge in [-0.3, -0.25) is 0 Å². The molecule has 0 aliphatic heterocycles. The van der Waals surface area contributed by atoms with Crippen molar-refractivity contribution in [1.82, 2.24) is 5.32 Å². The van der Waals surface area contributed by atoms with Gasteiger partial charge in [0.15, 0.2) is 0 Å². The molecule has 0 heterocycles. The van der Waals surface area contributed by atoms with Crippen molar-refractivity contribution in [3.8, 4) is 0 Å². The average molecular weight is 281 g/mol. The molecule has 0 fully saturated rings. The second-order valence-corrected chi connectivity index (χ2v) is 6.33. The average Bonchev–Trinajstić information content (AvgIpc) is 2.37. The lowest BCUT2D eigenvalue weighted by Gasteiger charge is -2.24. The molecule has 0 spiro atoms. The molecule has 0 saturated heterocycles. The fourth-order valence-electron chi connectivity index (χ4n) is 3.28. The molecule has 2 aromatic carbocycles. The number of aryl methyl sites for hydroxylation is 4. The van der Waals surface area contributed by atoms with Gasteiger partial charge in [-0.05, 0) is 63.8 Å². The van der Waals surface area contributed by atoms with Gasteiger partial charge in [0.1, 0.15) is 0 Å². The van der Waals surface area contributed by atoms with E-state index in [0.29, 0.717) is 12.1 Å². The van der Waals surface area contributed by atoms with E-state index in [1.165, 1.54) is 33.4 Å². The Hall–Kier alpha value is -1.60. The summed E-state index contributed by atoms with van der Waals surface area (Å²) < 4.78 is 0. The molecule has 0 amide bonds. The molecular formula is C20H27N. The normalized spacial score (nSPS) is 14.0. The Kier molecular flexibility index (Phi) is 4.84. The van der Waals surface area contributed by atoms with Crippen LogP contribution >= 0.6 is 0 Å². The summed E-state index contributed by atoms with van der Waals surface area (Å²) in [7, 11) is 0. The van der Waals surface area contributed by atoms with Gasteiger partial charge in [0.05, 0.1) is 0 Å². The summed E-state index contributed by atoms with van der Waals surface area (Å²) in [5, 5.41) is 3.73. The highest BCUT2D eigenvalue weighted by Gasteiger charge is 2.15. The first-order valence-electron chi connectivity index (χ1n) is 7.79. The summed E-state index contributed by atoms with van der Waals surface area (Å²) in [5.74, 6) is 0. The van der Waals surface area contributed by atoms with E-state index < -0.39 is 0 Å². The first kappa shape index (κ1) is 15.8. The molecule has 2 rings (SSSR count). The minimum absolute atomic E-state index is 0.348. The van der Waals surface area contributed by atoms with Gasteiger partial charge >= 0.3 is 0 Å². The molecule has 2 atom stereocenters. The molecule has 1 N–H and O–H groups in total. The standard InChI is InChI=1S/C20H27N/c1-13-7-9-19(10-8-13)17(5)21-18(6)20-15(3)11-14(2)12-16(20)4/h7-12,17-18,21H,1-6H3/t17-,18?/m0/s1. The fraction of sp³-hybridized carbons (Fsp3) is 0.400. The number of rotatable bonds is 4. The van der Waals surface area contributed by atoms with Crippen LogP contribution in [0, 0.1) is 27.7 Å². The molecule has 0 aliphatic rings. The van der Waals surface area contributed by atoms with Gasteiger partial charge in [0, 0.05) is 12.1 Å². The van der Waals surface area contributed by atoms with Gasteiger partial charge < -0.3 is 5.32 Å². The van der Waals surface area contributed by atoms with Crippen molar-refractivity contribution in [3.63, 3.8) is 0 Å². The number of benzene rings is 2. The molecule has 21 heavy (non-hydrogen) atoms. The van der Waals surface area contributed by atoms with Crippen molar-refractivity contribution in [2.45, 2.75) is 53.6 Å². The van der Waals surface area contributed by atoms with Crippen molar-refractivity contribution in [3.05, 3.63) is 69.8 Å². The second kappa shape index (κ2) is 6.44. The Labute approximate surface area is 129 Å². The molecule has 0 aromatic heterocycles. The highest BCUT2D eigenvalue weighted by molar-refractivity contribution is 5.39. The van der Waals surface area contributed by atoms with Crippen LogP contribution in [-0.2, 0) is 0 Å². The SMILES string of the molecule is Cc1ccc([C@H](C)NC(C)c2c(C)cc(C)cc2C)cc1. The third-order valence-electron chi connectivity index (χ3n) is 4.25. The first-order chi connectivity index (χ1) is 9.88.